The molecule has 31 heavy (non-hydrogen) atoms. The van der Waals surface area contributed by atoms with Crippen LogP contribution in [0.25, 0.3) is 16.7 Å². The molecule has 156 valence electrons. The highest BCUT2D eigenvalue weighted by atomic mass is 32.1. The predicted octanol–water partition coefficient (Wildman–Crippen LogP) is 4.17. The van der Waals surface area contributed by atoms with Crippen LogP contribution < -0.4 is 15.4 Å². The lowest BCUT2D eigenvalue weighted by Gasteiger charge is -2.12. The molecule has 0 atom stereocenters. The van der Waals surface area contributed by atoms with Crippen molar-refractivity contribution in [3.05, 3.63) is 77.4 Å². The van der Waals surface area contributed by atoms with Gasteiger partial charge in [-0.1, -0.05) is 23.8 Å². The summed E-state index contributed by atoms with van der Waals surface area (Å²) in [4.78, 5) is 14.1. The number of nitrogens with one attached hydrogen (secondary N) is 2. The van der Waals surface area contributed by atoms with Gasteiger partial charge in [0.2, 0.25) is 0 Å². The smallest absolute Gasteiger partial charge is 0.257 e. The molecule has 7 nitrogen and oxygen atoms in total. The molecule has 3 aromatic carbocycles. The molecule has 1 heterocycles. The van der Waals surface area contributed by atoms with Gasteiger partial charge in [-0.2, -0.15) is 4.80 Å². The molecule has 0 unspecified atom stereocenters. The van der Waals surface area contributed by atoms with Crippen molar-refractivity contribution in [1.29, 1.82) is 0 Å². The van der Waals surface area contributed by atoms with Crippen molar-refractivity contribution in [1.82, 2.24) is 20.3 Å². The first-order chi connectivity index (χ1) is 14.9. The molecule has 0 saturated heterocycles. The summed E-state index contributed by atoms with van der Waals surface area (Å²) in [6, 6.07) is 18.7. The van der Waals surface area contributed by atoms with Crippen LogP contribution in [0, 0.1) is 13.8 Å². The highest BCUT2D eigenvalue weighted by Gasteiger charge is 2.12. The van der Waals surface area contributed by atoms with Crippen LogP contribution in [0.1, 0.15) is 21.5 Å². The summed E-state index contributed by atoms with van der Waals surface area (Å²) in [6.07, 6.45) is 0. The van der Waals surface area contributed by atoms with E-state index in [1.54, 1.807) is 36.2 Å². The van der Waals surface area contributed by atoms with Crippen molar-refractivity contribution < 1.29 is 9.53 Å². The van der Waals surface area contributed by atoms with Gasteiger partial charge in [0, 0.05) is 11.3 Å². The number of hydrogen-bond donors (Lipinski definition) is 2. The molecule has 4 rings (SSSR count). The minimum atomic E-state index is -0.319. The SMILES string of the molecule is COc1cccc(C(=O)NC(=S)Nc2cc3nn(-c4ccc(C)cc4)nc3cc2C)c1. The molecular weight excluding hydrogens is 410 g/mol. The van der Waals surface area contributed by atoms with Crippen LogP contribution in [0.3, 0.4) is 0 Å². The van der Waals surface area contributed by atoms with E-state index in [2.05, 4.69) is 20.8 Å². The number of benzene rings is 3. The van der Waals surface area contributed by atoms with Crippen molar-refractivity contribution in [2.75, 3.05) is 12.4 Å². The number of thiocarbonyl (C=S) groups is 1. The predicted molar refractivity (Wildman–Crippen MR) is 125 cm³/mol. The summed E-state index contributed by atoms with van der Waals surface area (Å²) < 4.78 is 5.16. The summed E-state index contributed by atoms with van der Waals surface area (Å²) >= 11 is 5.33. The van der Waals surface area contributed by atoms with Crippen LogP contribution in [0.4, 0.5) is 5.69 Å². The Hall–Kier alpha value is -3.78. The number of carbonyl (C=O) groups is 1. The number of amides is 1. The molecule has 0 saturated carbocycles. The van der Waals surface area contributed by atoms with Crippen LogP contribution in [-0.4, -0.2) is 33.1 Å². The molecule has 2 N–H and O–H groups in total. The standard InChI is InChI=1S/C23H21N5O2S/c1-14-7-9-17(10-8-14)28-26-20-11-15(2)19(13-21(20)27-28)24-23(31)25-22(29)16-5-4-6-18(12-16)30-3/h4-13H,1-3H3,(H2,24,25,29,31). The number of fused-ring (bicyclic) bond motifs is 1. The second kappa shape index (κ2) is 8.53. The van der Waals surface area contributed by atoms with E-state index in [0.717, 1.165) is 28.0 Å². The number of methoxy groups -OCH3 is 1. The molecule has 0 bridgehead atoms. The number of rotatable bonds is 4. The van der Waals surface area contributed by atoms with E-state index in [0.29, 0.717) is 11.3 Å². The van der Waals surface area contributed by atoms with Gasteiger partial charge in [-0.3, -0.25) is 10.1 Å². The highest BCUT2D eigenvalue weighted by molar-refractivity contribution is 7.80. The third kappa shape index (κ3) is 4.54. The van der Waals surface area contributed by atoms with Crippen molar-refractivity contribution in [2.24, 2.45) is 0 Å². The number of anilines is 1. The Morgan fingerprint density at radius 1 is 1.00 bits per heavy atom. The van der Waals surface area contributed by atoms with Crippen LogP contribution in [-0.2, 0) is 0 Å². The maximum absolute atomic E-state index is 12.5. The van der Waals surface area contributed by atoms with Gasteiger partial charge < -0.3 is 10.1 Å². The second-order valence-corrected chi connectivity index (χ2v) is 7.53. The number of aromatic nitrogens is 3. The number of aryl methyl sites for hydroxylation is 2. The lowest BCUT2D eigenvalue weighted by molar-refractivity contribution is 0.0977. The van der Waals surface area contributed by atoms with Crippen LogP contribution in [0.2, 0.25) is 0 Å². The van der Waals surface area contributed by atoms with E-state index < -0.39 is 0 Å². The largest absolute Gasteiger partial charge is 0.497 e. The average molecular weight is 432 g/mol. The average Bonchev–Trinajstić information content (AvgIpc) is 3.17. The third-order valence-electron chi connectivity index (χ3n) is 4.80. The first-order valence-corrected chi connectivity index (χ1v) is 10.0. The lowest BCUT2D eigenvalue weighted by atomic mass is 10.2. The van der Waals surface area contributed by atoms with Gasteiger partial charge in [0.1, 0.15) is 16.8 Å². The van der Waals surface area contributed by atoms with Gasteiger partial charge in [0.25, 0.3) is 5.91 Å². The summed E-state index contributed by atoms with van der Waals surface area (Å²) in [5, 5.41) is 15.1. The van der Waals surface area contributed by atoms with E-state index in [1.807, 2.05) is 50.2 Å². The molecule has 0 fully saturated rings. The molecule has 1 aromatic heterocycles. The van der Waals surface area contributed by atoms with E-state index >= 15 is 0 Å². The van der Waals surface area contributed by atoms with Crippen molar-refractivity contribution in [3.8, 4) is 11.4 Å². The van der Waals surface area contributed by atoms with Gasteiger partial charge in [-0.25, -0.2) is 0 Å². The van der Waals surface area contributed by atoms with Gasteiger partial charge >= 0.3 is 0 Å². The van der Waals surface area contributed by atoms with Gasteiger partial charge in [-0.15, -0.1) is 10.2 Å². The summed E-state index contributed by atoms with van der Waals surface area (Å²) in [5.41, 5.74) is 5.69. The molecule has 0 radical (unpaired) electrons. The van der Waals surface area contributed by atoms with Crippen molar-refractivity contribution in [2.45, 2.75) is 13.8 Å². The topological polar surface area (TPSA) is 81.1 Å². The lowest BCUT2D eigenvalue weighted by Crippen LogP contribution is -2.34. The van der Waals surface area contributed by atoms with E-state index in [-0.39, 0.29) is 11.0 Å². The molecule has 8 heteroatoms. The minimum absolute atomic E-state index is 0.196. The summed E-state index contributed by atoms with van der Waals surface area (Å²) in [5.74, 6) is 0.282. The fourth-order valence-corrected chi connectivity index (χ4v) is 3.29. The van der Waals surface area contributed by atoms with E-state index in [4.69, 9.17) is 17.0 Å². The van der Waals surface area contributed by atoms with Gasteiger partial charge in [0.05, 0.1) is 12.8 Å². The summed E-state index contributed by atoms with van der Waals surface area (Å²) in [6.45, 7) is 3.98. The Labute approximate surface area is 185 Å². The molecule has 1 amide bonds. The number of hydrogen-bond acceptors (Lipinski definition) is 5. The van der Waals surface area contributed by atoms with Crippen LogP contribution >= 0.6 is 12.2 Å². The Morgan fingerprint density at radius 3 is 2.42 bits per heavy atom. The first kappa shape index (κ1) is 20.5. The second-order valence-electron chi connectivity index (χ2n) is 7.12. The maximum Gasteiger partial charge on any atom is 0.257 e. The van der Waals surface area contributed by atoms with Gasteiger partial charge in [-0.05, 0) is 74.1 Å². The van der Waals surface area contributed by atoms with Crippen molar-refractivity contribution >= 4 is 40.0 Å². The zero-order valence-electron chi connectivity index (χ0n) is 17.3. The molecule has 4 aromatic rings. The minimum Gasteiger partial charge on any atom is -0.497 e. The van der Waals surface area contributed by atoms with Crippen molar-refractivity contribution in [3.63, 3.8) is 0 Å². The Bertz CT molecular complexity index is 1280. The first-order valence-electron chi connectivity index (χ1n) is 9.64. The zero-order valence-corrected chi connectivity index (χ0v) is 18.2. The van der Waals surface area contributed by atoms with Crippen LogP contribution in [0.5, 0.6) is 5.75 Å². The Kier molecular flexibility index (Phi) is 5.64. The fourth-order valence-electron chi connectivity index (χ4n) is 3.09. The number of carbonyl (C=O) groups excluding carboxylic acids is 1. The van der Waals surface area contributed by atoms with Gasteiger partial charge in [0.15, 0.2) is 5.11 Å². The van der Waals surface area contributed by atoms with Crippen LogP contribution in [0.15, 0.2) is 60.7 Å². The monoisotopic (exact) mass is 431 g/mol. The maximum atomic E-state index is 12.5. The molecule has 0 spiro atoms. The number of ether oxygens (including phenoxy) is 1. The quantitative estimate of drug-likeness (QED) is 0.472. The third-order valence-corrected chi connectivity index (χ3v) is 5.00. The Morgan fingerprint density at radius 2 is 1.71 bits per heavy atom. The summed E-state index contributed by atoms with van der Waals surface area (Å²) in [7, 11) is 1.55. The molecule has 0 aliphatic heterocycles. The van der Waals surface area contributed by atoms with E-state index in [1.165, 1.54) is 5.56 Å². The normalized spacial score (nSPS) is 10.7. The fraction of sp³-hybridized carbons (Fsp3) is 0.130. The zero-order chi connectivity index (χ0) is 22.0. The Balaban J connectivity index is 1.52. The van der Waals surface area contributed by atoms with E-state index in [9.17, 15) is 4.79 Å². The number of nitrogens with zero attached hydrogens (tertiary/aromatic N) is 3. The molecule has 0 aliphatic rings. The highest BCUT2D eigenvalue weighted by Crippen LogP contribution is 2.22. The molecular formula is C23H21N5O2S. The molecule has 0 aliphatic carbocycles.